The lowest BCUT2D eigenvalue weighted by molar-refractivity contribution is -0.137. The molecule has 180 valence electrons. The van der Waals surface area contributed by atoms with Crippen LogP contribution < -0.4 is 0 Å². The Morgan fingerprint density at radius 2 is 2.00 bits per heavy atom. The van der Waals surface area contributed by atoms with Crippen molar-refractivity contribution in [1.29, 1.82) is 0 Å². The Balaban J connectivity index is 1.70. The monoisotopic (exact) mass is 508 g/mol. The molecule has 1 aliphatic heterocycles. The SMILES string of the molecule is Cc1cc(-c2nc(CC(=O)c3cnc(Cl)cn3)sc2CN2CCCC[C@H]2C)cc(C(F)(F)F)c1. The molecule has 1 aliphatic rings. The molecular formula is C24H24ClF3N4OS. The molecule has 0 aliphatic carbocycles. The van der Waals surface area contributed by atoms with Crippen molar-refractivity contribution in [2.75, 3.05) is 6.54 Å². The summed E-state index contributed by atoms with van der Waals surface area (Å²) in [6.45, 7) is 5.31. The number of carbonyl (C=O) groups excluding carboxylic acids is 1. The van der Waals surface area contributed by atoms with Gasteiger partial charge in [-0.05, 0) is 57.0 Å². The fraction of sp³-hybridized carbons (Fsp3) is 0.417. The Kier molecular flexibility index (Phi) is 7.35. The van der Waals surface area contributed by atoms with Gasteiger partial charge in [-0.2, -0.15) is 13.2 Å². The number of ketones is 1. The molecule has 1 fully saturated rings. The van der Waals surface area contributed by atoms with Crippen LogP contribution in [-0.4, -0.2) is 38.2 Å². The van der Waals surface area contributed by atoms with Crippen LogP contribution in [0, 0.1) is 6.92 Å². The quantitative estimate of drug-likeness (QED) is 0.361. The third-order valence-corrected chi connectivity index (χ3v) is 7.16. The standard InChI is InChI=1S/C24H24ClF3N4OS/c1-14-7-16(9-17(8-14)24(26,27)28)23-20(13-32-6-4-3-5-15(32)2)34-22(31-23)10-19(33)18-11-30-21(25)12-29-18/h7-9,11-12,15H,3-6,10,13H2,1-2H3/t15-/m1/s1. The first-order valence-electron chi connectivity index (χ1n) is 11.0. The number of piperidine rings is 1. The molecule has 3 aromatic rings. The van der Waals surface area contributed by atoms with Gasteiger partial charge in [0.1, 0.15) is 15.9 Å². The van der Waals surface area contributed by atoms with E-state index in [9.17, 15) is 18.0 Å². The predicted octanol–water partition coefficient (Wildman–Crippen LogP) is 6.38. The molecule has 1 atom stereocenters. The summed E-state index contributed by atoms with van der Waals surface area (Å²) in [4.78, 5) is 28.5. The van der Waals surface area contributed by atoms with Crippen LogP contribution in [0.3, 0.4) is 0 Å². The minimum Gasteiger partial charge on any atom is -0.296 e. The third-order valence-electron chi connectivity index (χ3n) is 5.92. The second-order valence-electron chi connectivity index (χ2n) is 8.60. The number of carbonyl (C=O) groups is 1. The maximum Gasteiger partial charge on any atom is 0.416 e. The Morgan fingerprint density at radius 3 is 2.68 bits per heavy atom. The van der Waals surface area contributed by atoms with Crippen LogP contribution in [-0.2, 0) is 19.1 Å². The Hall–Kier alpha value is -2.36. The number of aryl methyl sites for hydroxylation is 1. The van der Waals surface area contributed by atoms with Gasteiger partial charge in [-0.15, -0.1) is 11.3 Å². The molecule has 0 spiro atoms. The summed E-state index contributed by atoms with van der Waals surface area (Å²) < 4.78 is 40.5. The van der Waals surface area contributed by atoms with Crippen LogP contribution in [0.5, 0.6) is 0 Å². The van der Waals surface area contributed by atoms with E-state index in [1.54, 1.807) is 13.0 Å². The molecule has 34 heavy (non-hydrogen) atoms. The van der Waals surface area contributed by atoms with E-state index in [1.165, 1.54) is 30.2 Å². The fourth-order valence-electron chi connectivity index (χ4n) is 4.15. The van der Waals surface area contributed by atoms with Gasteiger partial charge >= 0.3 is 6.18 Å². The van der Waals surface area contributed by atoms with E-state index in [0.29, 0.717) is 34.4 Å². The summed E-state index contributed by atoms with van der Waals surface area (Å²) in [5.74, 6) is -0.275. The largest absolute Gasteiger partial charge is 0.416 e. The number of thiazole rings is 1. The van der Waals surface area contributed by atoms with Gasteiger partial charge in [0.25, 0.3) is 0 Å². The molecular weight excluding hydrogens is 485 g/mol. The van der Waals surface area contributed by atoms with Gasteiger partial charge in [-0.1, -0.05) is 18.0 Å². The predicted molar refractivity (Wildman–Crippen MR) is 126 cm³/mol. The van der Waals surface area contributed by atoms with Crippen molar-refractivity contribution in [3.63, 3.8) is 0 Å². The summed E-state index contributed by atoms with van der Waals surface area (Å²) in [5.41, 5.74) is 0.878. The number of hydrogen-bond donors (Lipinski definition) is 0. The van der Waals surface area contributed by atoms with E-state index >= 15 is 0 Å². The number of Topliss-reactive ketones (excluding diaryl/α,β-unsaturated/α-hetero) is 1. The van der Waals surface area contributed by atoms with Gasteiger partial charge < -0.3 is 0 Å². The van der Waals surface area contributed by atoms with E-state index in [2.05, 4.69) is 26.8 Å². The molecule has 0 unspecified atom stereocenters. The van der Waals surface area contributed by atoms with Crippen LogP contribution in [0.4, 0.5) is 13.2 Å². The second-order valence-corrected chi connectivity index (χ2v) is 10.2. The van der Waals surface area contributed by atoms with Crippen molar-refractivity contribution >= 4 is 28.7 Å². The number of alkyl halides is 3. The number of rotatable bonds is 6. The highest BCUT2D eigenvalue weighted by molar-refractivity contribution is 7.12. The summed E-state index contributed by atoms with van der Waals surface area (Å²) in [6.07, 6.45) is 1.48. The number of hydrogen-bond acceptors (Lipinski definition) is 6. The van der Waals surface area contributed by atoms with Crippen molar-refractivity contribution in [1.82, 2.24) is 19.9 Å². The highest BCUT2D eigenvalue weighted by Crippen LogP contribution is 2.36. The van der Waals surface area contributed by atoms with E-state index in [0.717, 1.165) is 36.4 Å². The Bertz CT molecular complexity index is 1180. The normalized spacial score (nSPS) is 17.2. The lowest BCUT2D eigenvalue weighted by Crippen LogP contribution is -2.36. The lowest BCUT2D eigenvalue weighted by Gasteiger charge is -2.33. The van der Waals surface area contributed by atoms with Gasteiger partial charge in [-0.3, -0.25) is 9.69 Å². The van der Waals surface area contributed by atoms with Crippen LogP contribution in [0.1, 0.15) is 57.7 Å². The van der Waals surface area contributed by atoms with Gasteiger partial charge in [0.05, 0.1) is 30.1 Å². The maximum atomic E-state index is 13.5. The number of aromatic nitrogens is 3. The number of halogens is 4. The molecule has 0 amide bonds. The number of likely N-dealkylation sites (tertiary alicyclic amines) is 1. The molecule has 5 nitrogen and oxygen atoms in total. The molecule has 3 heterocycles. The molecule has 2 aromatic heterocycles. The molecule has 1 aromatic carbocycles. The summed E-state index contributed by atoms with van der Waals surface area (Å²) >= 11 is 7.12. The first-order chi connectivity index (χ1) is 16.1. The third kappa shape index (κ3) is 5.82. The van der Waals surface area contributed by atoms with E-state index in [4.69, 9.17) is 11.6 Å². The smallest absolute Gasteiger partial charge is 0.296 e. The zero-order valence-corrected chi connectivity index (χ0v) is 20.4. The van der Waals surface area contributed by atoms with E-state index in [1.807, 2.05) is 0 Å². The zero-order chi connectivity index (χ0) is 24.5. The number of nitrogens with zero attached hydrogens (tertiary/aromatic N) is 4. The van der Waals surface area contributed by atoms with Crippen LogP contribution in [0.2, 0.25) is 5.15 Å². The molecule has 0 N–H and O–H groups in total. The van der Waals surface area contributed by atoms with Gasteiger partial charge in [0.15, 0.2) is 5.78 Å². The van der Waals surface area contributed by atoms with Crippen LogP contribution in [0.15, 0.2) is 30.6 Å². The van der Waals surface area contributed by atoms with Crippen molar-refractivity contribution < 1.29 is 18.0 Å². The fourth-order valence-corrected chi connectivity index (χ4v) is 5.37. The van der Waals surface area contributed by atoms with Crippen molar-refractivity contribution in [3.05, 3.63) is 62.5 Å². The summed E-state index contributed by atoms with van der Waals surface area (Å²) in [6, 6.07) is 4.36. The van der Waals surface area contributed by atoms with Crippen LogP contribution >= 0.6 is 22.9 Å². The van der Waals surface area contributed by atoms with Crippen molar-refractivity contribution in [2.24, 2.45) is 0 Å². The first kappa shape index (κ1) is 24.8. The zero-order valence-electron chi connectivity index (χ0n) is 18.8. The minimum atomic E-state index is -4.45. The highest BCUT2D eigenvalue weighted by Gasteiger charge is 2.32. The topological polar surface area (TPSA) is 59.0 Å². The van der Waals surface area contributed by atoms with Crippen LogP contribution in [0.25, 0.3) is 11.3 Å². The van der Waals surface area contributed by atoms with Gasteiger partial charge in [0, 0.05) is 23.0 Å². The highest BCUT2D eigenvalue weighted by atomic mass is 35.5. The molecule has 10 heteroatoms. The number of benzene rings is 1. The molecule has 0 saturated carbocycles. The summed E-state index contributed by atoms with van der Waals surface area (Å²) in [5, 5.41) is 0.720. The van der Waals surface area contributed by atoms with Crippen molar-refractivity contribution in [2.45, 2.75) is 58.3 Å². The molecule has 1 saturated heterocycles. The molecule has 4 rings (SSSR count). The maximum absolute atomic E-state index is 13.5. The summed E-state index contributed by atoms with van der Waals surface area (Å²) in [7, 11) is 0. The van der Waals surface area contributed by atoms with Gasteiger partial charge in [0.2, 0.25) is 0 Å². The lowest BCUT2D eigenvalue weighted by atomic mass is 10.0. The Labute approximate surface area is 205 Å². The molecule has 0 bridgehead atoms. The van der Waals surface area contributed by atoms with Gasteiger partial charge in [-0.25, -0.2) is 15.0 Å². The average Bonchev–Trinajstić information content (AvgIpc) is 3.17. The van der Waals surface area contributed by atoms with Crippen molar-refractivity contribution in [3.8, 4) is 11.3 Å². The first-order valence-corrected chi connectivity index (χ1v) is 12.2. The molecule has 0 radical (unpaired) electrons. The van der Waals surface area contributed by atoms with E-state index < -0.39 is 11.7 Å². The van der Waals surface area contributed by atoms with E-state index in [-0.39, 0.29) is 23.1 Å². The second kappa shape index (κ2) is 10.1. The minimum absolute atomic E-state index is 0.0124. The average molecular weight is 509 g/mol. The Morgan fingerprint density at radius 1 is 1.21 bits per heavy atom.